The average Bonchev–Trinajstić information content (AvgIpc) is 2.46. The van der Waals surface area contributed by atoms with Gasteiger partial charge >= 0.3 is 0 Å². The summed E-state index contributed by atoms with van der Waals surface area (Å²) >= 11 is 0. The van der Waals surface area contributed by atoms with Crippen LogP contribution < -0.4 is 16.0 Å². The van der Waals surface area contributed by atoms with Gasteiger partial charge in [0.05, 0.1) is 24.0 Å². The van der Waals surface area contributed by atoms with Crippen LogP contribution in [0.25, 0.3) is 0 Å². The molecule has 0 bridgehead atoms. The highest BCUT2D eigenvalue weighted by Crippen LogP contribution is 2.25. The third kappa shape index (κ3) is 3.42. The Bertz CT molecular complexity index is 474. The van der Waals surface area contributed by atoms with Crippen molar-refractivity contribution >= 4 is 17.3 Å². The summed E-state index contributed by atoms with van der Waals surface area (Å²) in [6, 6.07) is 5.70. The van der Waals surface area contributed by atoms with E-state index in [2.05, 4.69) is 29.8 Å². The number of carbonyl (C=O) groups is 1. The maximum Gasteiger partial charge on any atom is 0.251 e. The van der Waals surface area contributed by atoms with Crippen LogP contribution in [0.3, 0.4) is 0 Å². The molecular formula is C15H23N3O2. The van der Waals surface area contributed by atoms with E-state index < -0.39 is 0 Å². The number of methoxy groups -OCH3 is 1. The minimum Gasteiger partial charge on any atom is -0.383 e. The Balaban J connectivity index is 2.08. The van der Waals surface area contributed by atoms with Gasteiger partial charge in [0.1, 0.15) is 0 Å². The van der Waals surface area contributed by atoms with Crippen molar-refractivity contribution in [2.24, 2.45) is 5.92 Å². The van der Waals surface area contributed by atoms with E-state index in [-0.39, 0.29) is 11.9 Å². The van der Waals surface area contributed by atoms with Crippen molar-refractivity contribution < 1.29 is 9.53 Å². The molecule has 0 spiro atoms. The first kappa shape index (κ1) is 14.7. The summed E-state index contributed by atoms with van der Waals surface area (Å²) in [4.78, 5) is 12.3. The van der Waals surface area contributed by atoms with E-state index in [0.29, 0.717) is 18.1 Å². The van der Waals surface area contributed by atoms with E-state index in [1.807, 2.05) is 18.2 Å². The highest BCUT2D eigenvalue weighted by atomic mass is 16.5. The first-order valence-electron chi connectivity index (χ1n) is 7.03. The lowest BCUT2D eigenvalue weighted by Gasteiger charge is -2.23. The van der Waals surface area contributed by atoms with Crippen molar-refractivity contribution in [3.8, 4) is 0 Å². The van der Waals surface area contributed by atoms with Crippen LogP contribution in [0.4, 0.5) is 11.4 Å². The molecule has 1 atom stereocenters. The van der Waals surface area contributed by atoms with Crippen LogP contribution in [0.15, 0.2) is 18.2 Å². The molecule has 1 aromatic rings. The normalized spacial score (nSPS) is 15.0. The molecule has 0 saturated carbocycles. The van der Waals surface area contributed by atoms with Crippen molar-refractivity contribution in [2.75, 3.05) is 37.4 Å². The fourth-order valence-corrected chi connectivity index (χ4v) is 2.21. The van der Waals surface area contributed by atoms with Gasteiger partial charge in [-0.05, 0) is 24.1 Å². The summed E-state index contributed by atoms with van der Waals surface area (Å²) in [5, 5.41) is 9.61. The van der Waals surface area contributed by atoms with Crippen molar-refractivity contribution in [2.45, 2.75) is 19.9 Å². The zero-order valence-corrected chi connectivity index (χ0v) is 12.3. The highest BCUT2D eigenvalue weighted by Gasteiger charge is 2.18. The summed E-state index contributed by atoms with van der Waals surface area (Å²) in [5.74, 6) is 0.271. The highest BCUT2D eigenvalue weighted by molar-refractivity contribution is 5.96. The van der Waals surface area contributed by atoms with E-state index >= 15 is 0 Å². The summed E-state index contributed by atoms with van der Waals surface area (Å²) in [6.45, 7) is 6.44. The SMILES string of the molecule is COCC(NC(=O)c1ccc2c(c1)NCCN2)C(C)C. The van der Waals surface area contributed by atoms with Crippen LogP contribution in [0, 0.1) is 5.92 Å². The molecule has 0 fully saturated rings. The Labute approximate surface area is 120 Å². The lowest BCUT2D eigenvalue weighted by Crippen LogP contribution is -2.41. The van der Waals surface area contributed by atoms with Crippen molar-refractivity contribution in [1.29, 1.82) is 0 Å². The van der Waals surface area contributed by atoms with Crippen LogP contribution in [-0.2, 0) is 4.74 Å². The fraction of sp³-hybridized carbons (Fsp3) is 0.533. The lowest BCUT2D eigenvalue weighted by molar-refractivity contribution is 0.0866. The van der Waals surface area contributed by atoms with Gasteiger partial charge in [-0.25, -0.2) is 0 Å². The molecule has 1 aliphatic heterocycles. The number of hydrogen-bond acceptors (Lipinski definition) is 4. The van der Waals surface area contributed by atoms with Gasteiger partial charge in [-0.2, -0.15) is 0 Å². The molecule has 1 unspecified atom stereocenters. The predicted octanol–water partition coefficient (Wildman–Crippen LogP) is 1.92. The van der Waals surface area contributed by atoms with Gasteiger partial charge in [0.25, 0.3) is 5.91 Å². The second-order valence-corrected chi connectivity index (χ2v) is 5.39. The van der Waals surface area contributed by atoms with Gasteiger partial charge in [-0.15, -0.1) is 0 Å². The number of rotatable bonds is 5. The van der Waals surface area contributed by atoms with Crippen LogP contribution in [0.5, 0.6) is 0 Å². The minimum absolute atomic E-state index is 0.0228. The molecule has 0 radical (unpaired) electrons. The van der Waals surface area contributed by atoms with Gasteiger partial charge in [0.15, 0.2) is 0 Å². The van der Waals surface area contributed by atoms with Gasteiger partial charge in [0, 0.05) is 25.8 Å². The largest absolute Gasteiger partial charge is 0.383 e. The zero-order chi connectivity index (χ0) is 14.5. The molecule has 1 aromatic carbocycles. The van der Waals surface area contributed by atoms with Crippen molar-refractivity contribution in [3.05, 3.63) is 23.8 Å². The van der Waals surface area contributed by atoms with E-state index in [1.54, 1.807) is 7.11 Å². The standard InChI is InChI=1S/C15H23N3O2/c1-10(2)14(9-20-3)18-15(19)11-4-5-12-13(8-11)17-7-6-16-12/h4-5,8,10,14,16-17H,6-7,9H2,1-3H3,(H,18,19). The Kier molecular flexibility index (Phi) is 4.84. The van der Waals surface area contributed by atoms with E-state index in [4.69, 9.17) is 4.74 Å². The Morgan fingerprint density at radius 2 is 2.00 bits per heavy atom. The average molecular weight is 277 g/mol. The summed E-state index contributed by atoms with van der Waals surface area (Å²) < 4.78 is 5.16. The summed E-state index contributed by atoms with van der Waals surface area (Å²) in [7, 11) is 1.65. The third-order valence-corrected chi connectivity index (χ3v) is 3.51. The molecule has 5 heteroatoms. The van der Waals surface area contributed by atoms with Crippen molar-refractivity contribution in [1.82, 2.24) is 5.32 Å². The van der Waals surface area contributed by atoms with Crippen LogP contribution in [-0.4, -0.2) is 38.8 Å². The number of carbonyl (C=O) groups excluding carboxylic acids is 1. The Hall–Kier alpha value is -1.75. The smallest absolute Gasteiger partial charge is 0.251 e. The predicted molar refractivity (Wildman–Crippen MR) is 81.4 cm³/mol. The molecule has 5 nitrogen and oxygen atoms in total. The van der Waals surface area contributed by atoms with Crippen molar-refractivity contribution in [3.63, 3.8) is 0 Å². The van der Waals surface area contributed by atoms with E-state index in [1.165, 1.54) is 0 Å². The number of ether oxygens (including phenoxy) is 1. The third-order valence-electron chi connectivity index (χ3n) is 3.51. The first-order chi connectivity index (χ1) is 9.61. The number of nitrogens with one attached hydrogen (secondary N) is 3. The molecule has 3 N–H and O–H groups in total. The van der Waals surface area contributed by atoms with Gasteiger partial charge in [0.2, 0.25) is 0 Å². The number of benzene rings is 1. The second-order valence-electron chi connectivity index (χ2n) is 5.39. The Morgan fingerprint density at radius 1 is 1.30 bits per heavy atom. The number of fused-ring (bicyclic) bond motifs is 1. The molecule has 0 saturated heterocycles. The van der Waals surface area contributed by atoms with Crippen LogP contribution in [0.2, 0.25) is 0 Å². The van der Waals surface area contributed by atoms with Gasteiger partial charge in [-0.1, -0.05) is 13.8 Å². The molecule has 0 aliphatic carbocycles. The molecule has 1 heterocycles. The number of amides is 1. The van der Waals surface area contributed by atoms with Gasteiger partial charge < -0.3 is 20.7 Å². The molecule has 0 aromatic heterocycles. The van der Waals surface area contributed by atoms with Crippen LogP contribution in [0.1, 0.15) is 24.2 Å². The summed E-state index contributed by atoms with van der Waals surface area (Å²) in [5.41, 5.74) is 2.70. The number of anilines is 2. The molecule has 20 heavy (non-hydrogen) atoms. The second kappa shape index (κ2) is 6.61. The summed E-state index contributed by atoms with van der Waals surface area (Å²) in [6.07, 6.45) is 0. The van der Waals surface area contributed by atoms with Gasteiger partial charge in [-0.3, -0.25) is 4.79 Å². The number of hydrogen-bond donors (Lipinski definition) is 3. The molecule has 1 aliphatic rings. The fourth-order valence-electron chi connectivity index (χ4n) is 2.21. The molecule has 110 valence electrons. The van der Waals surface area contributed by atoms with E-state index in [9.17, 15) is 4.79 Å². The monoisotopic (exact) mass is 277 g/mol. The quantitative estimate of drug-likeness (QED) is 0.769. The van der Waals surface area contributed by atoms with Crippen LogP contribution >= 0.6 is 0 Å². The molecule has 1 amide bonds. The molecule has 2 rings (SSSR count). The Morgan fingerprint density at radius 3 is 2.65 bits per heavy atom. The minimum atomic E-state index is -0.0593. The maximum atomic E-state index is 12.3. The maximum absolute atomic E-state index is 12.3. The van der Waals surface area contributed by atoms with E-state index in [0.717, 1.165) is 24.5 Å². The topological polar surface area (TPSA) is 62.4 Å². The molecular weight excluding hydrogens is 254 g/mol. The zero-order valence-electron chi connectivity index (χ0n) is 12.3. The first-order valence-corrected chi connectivity index (χ1v) is 7.03. The lowest BCUT2D eigenvalue weighted by atomic mass is 10.0.